The Hall–Kier alpha value is -2.05. The lowest BCUT2D eigenvalue weighted by atomic mass is 10.1. The fraction of sp³-hybridized carbons (Fsp3) is 0.133. The Balaban J connectivity index is 2.24. The molecule has 2 nitrogen and oxygen atoms in total. The fourth-order valence-electron chi connectivity index (χ4n) is 1.85. The average molecular weight is 275 g/mol. The Bertz CT molecular complexity index is 634. The van der Waals surface area contributed by atoms with Gasteiger partial charge in [-0.1, -0.05) is 29.8 Å². The van der Waals surface area contributed by atoms with E-state index < -0.39 is 5.82 Å². The predicted molar refractivity (Wildman–Crippen MR) is 74.7 cm³/mol. The van der Waals surface area contributed by atoms with Gasteiger partial charge >= 0.3 is 0 Å². The van der Waals surface area contributed by atoms with Crippen molar-refractivity contribution in [2.45, 2.75) is 6.54 Å². The van der Waals surface area contributed by atoms with Gasteiger partial charge in [0.25, 0.3) is 0 Å². The Morgan fingerprint density at radius 3 is 2.63 bits per heavy atom. The summed E-state index contributed by atoms with van der Waals surface area (Å²) in [6, 6.07) is 13.8. The quantitative estimate of drug-likeness (QED) is 0.846. The number of anilines is 1. The zero-order valence-electron chi connectivity index (χ0n) is 10.4. The van der Waals surface area contributed by atoms with E-state index in [4.69, 9.17) is 16.9 Å². The zero-order chi connectivity index (χ0) is 13.8. The van der Waals surface area contributed by atoms with Crippen LogP contribution in [0.15, 0.2) is 42.5 Å². The number of hydrogen-bond donors (Lipinski definition) is 0. The molecule has 0 fully saturated rings. The van der Waals surface area contributed by atoms with E-state index >= 15 is 0 Å². The molecule has 0 saturated carbocycles. The molecule has 0 bridgehead atoms. The van der Waals surface area contributed by atoms with Gasteiger partial charge in [0.15, 0.2) is 0 Å². The lowest BCUT2D eigenvalue weighted by molar-refractivity contribution is 0.622. The summed E-state index contributed by atoms with van der Waals surface area (Å²) >= 11 is 6.08. The predicted octanol–water partition coefficient (Wildman–Crippen LogP) is 3.99. The normalized spacial score (nSPS) is 10.0. The third kappa shape index (κ3) is 3.04. The van der Waals surface area contributed by atoms with Crippen molar-refractivity contribution in [1.82, 2.24) is 0 Å². The number of halogens is 2. The summed E-state index contributed by atoms with van der Waals surface area (Å²) in [5.74, 6) is -0.409. The molecule has 0 aliphatic heterocycles. The lowest BCUT2D eigenvalue weighted by Crippen LogP contribution is -2.18. The van der Waals surface area contributed by atoms with Crippen molar-refractivity contribution >= 4 is 17.3 Å². The van der Waals surface area contributed by atoms with Crippen LogP contribution in [-0.4, -0.2) is 7.05 Å². The summed E-state index contributed by atoms with van der Waals surface area (Å²) in [5, 5.41) is 9.37. The van der Waals surface area contributed by atoms with Crippen LogP contribution in [0.4, 0.5) is 10.1 Å². The van der Waals surface area contributed by atoms with Crippen LogP contribution >= 0.6 is 11.6 Å². The molecule has 0 atom stereocenters. The molecule has 2 aromatic rings. The molecule has 0 radical (unpaired) electrons. The molecule has 96 valence electrons. The number of benzene rings is 2. The fourth-order valence-corrected chi connectivity index (χ4v) is 2.05. The van der Waals surface area contributed by atoms with Gasteiger partial charge in [-0.2, -0.15) is 5.26 Å². The highest BCUT2D eigenvalue weighted by molar-refractivity contribution is 6.31. The van der Waals surface area contributed by atoms with E-state index in [-0.39, 0.29) is 0 Å². The maximum Gasteiger partial charge on any atom is 0.147 e. The van der Waals surface area contributed by atoms with E-state index in [1.807, 2.05) is 24.3 Å². The second-order valence-electron chi connectivity index (χ2n) is 4.23. The number of nitrogens with zero attached hydrogens (tertiary/aromatic N) is 2. The van der Waals surface area contributed by atoms with Gasteiger partial charge in [0.05, 0.1) is 17.3 Å². The van der Waals surface area contributed by atoms with Gasteiger partial charge in [0.1, 0.15) is 5.82 Å². The van der Waals surface area contributed by atoms with E-state index in [0.717, 1.165) is 5.56 Å². The summed E-state index contributed by atoms with van der Waals surface area (Å²) in [6.07, 6.45) is 0. The lowest BCUT2D eigenvalue weighted by Gasteiger charge is -2.20. The van der Waals surface area contributed by atoms with Crippen molar-refractivity contribution in [3.8, 4) is 6.07 Å². The molecule has 0 amide bonds. The van der Waals surface area contributed by atoms with Gasteiger partial charge in [-0.15, -0.1) is 0 Å². The third-order valence-corrected chi connectivity index (χ3v) is 3.22. The van der Waals surface area contributed by atoms with E-state index in [9.17, 15) is 4.39 Å². The summed E-state index contributed by atoms with van der Waals surface area (Å²) < 4.78 is 13.9. The summed E-state index contributed by atoms with van der Waals surface area (Å²) in [4.78, 5) is 1.76. The standard InChI is InChI=1S/C15H12ClFN2/c1-19(10-12-4-2-3-5-13(12)16)15-7-6-11(9-18)8-14(15)17/h2-8H,10H2,1H3. The molecule has 0 aromatic heterocycles. The van der Waals surface area contributed by atoms with Gasteiger partial charge in [0, 0.05) is 18.6 Å². The molecule has 0 unspecified atom stereocenters. The first-order valence-corrected chi connectivity index (χ1v) is 6.14. The second kappa shape index (κ2) is 5.73. The minimum atomic E-state index is -0.409. The molecule has 19 heavy (non-hydrogen) atoms. The molecule has 4 heteroatoms. The van der Waals surface area contributed by atoms with Crippen molar-refractivity contribution in [3.05, 3.63) is 64.4 Å². The first-order valence-electron chi connectivity index (χ1n) is 5.76. The van der Waals surface area contributed by atoms with Crippen molar-refractivity contribution < 1.29 is 4.39 Å². The second-order valence-corrected chi connectivity index (χ2v) is 4.63. The van der Waals surface area contributed by atoms with Gasteiger partial charge < -0.3 is 4.90 Å². The number of nitriles is 1. The van der Waals surface area contributed by atoms with Crippen LogP contribution in [0.2, 0.25) is 5.02 Å². The van der Waals surface area contributed by atoms with Crippen LogP contribution in [0, 0.1) is 17.1 Å². The molecular formula is C15H12ClFN2. The Morgan fingerprint density at radius 2 is 2.00 bits per heavy atom. The van der Waals surface area contributed by atoms with Gasteiger partial charge in [-0.05, 0) is 29.8 Å². The molecule has 0 aliphatic rings. The van der Waals surface area contributed by atoms with Crippen LogP contribution in [-0.2, 0) is 6.54 Å². The largest absolute Gasteiger partial charge is 0.368 e. The smallest absolute Gasteiger partial charge is 0.147 e. The Labute approximate surface area is 116 Å². The van der Waals surface area contributed by atoms with Gasteiger partial charge in [-0.3, -0.25) is 0 Å². The maximum absolute atomic E-state index is 13.9. The van der Waals surface area contributed by atoms with Crippen LogP contribution in [0.5, 0.6) is 0 Å². The topological polar surface area (TPSA) is 27.0 Å². The SMILES string of the molecule is CN(Cc1ccccc1Cl)c1ccc(C#N)cc1F. The number of hydrogen-bond acceptors (Lipinski definition) is 2. The van der Waals surface area contributed by atoms with Crippen molar-refractivity contribution in [2.24, 2.45) is 0 Å². The highest BCUT2D eigenvalue weighted by Crippen LogP contribution is 2.23. The van der Waals surface area contributed by atoms with Crippen LogP contribution in [0.3, 0.4) is 0 Å². The molecule has 0 aliphatic carbocycles. The number of rotatable bonds is 3. The van der Waals surface area contributed by atoms with E-state index in [0.29, 0.717) is 22.8 Å². The Kier molecular flexibility index (Phi) is 4.03. The molecule has 0 saturated heterocycles. The highest BCUT2D eigenvalue weighted by atomic mass is 35.5. The van der Waals surface area contributed by atoms with E-state index in [2.05, 4.69) is 0 Å². The summed E-state index contributed by atoms with van der Waals surface area (Å²) in [6.45, 7) is 0.502. The first-order chi connectivity index (χ1) is 9.11. The minimum Gasteiger partial charge on any atom is -0.368 e. The zero-order valence-corrected chi connectivity index (χ0v) is 11.2. The van der Waals surface area contributed by atoms with Crippen molar-refractivity contribution in [3.63, 3.8) is 0 Å². The van der Waals surface area contributed by atoms with Crippen molar-refractivity contribution in [1.29, 1.82) is 5.26 Å². The summed E-state index contributed by atoms with van der Waals surface area (Å²) in [5.41, 5.74) is 1.68. The van der Waals surface area contributed by atoms with E-state index in [1.165, 1.54) is 6.07 Å². The van der Waals surface area contributed by atoms with Crippen LogP contribution < -0.4 is 4.90 Å². The monoisotopic (exact) mass is 274 g/mol. The molecular weight excluding hydrogens is 263 g/mol. The minimum absolute atomic E-state index is 0.312. The van der Waals surface area contributed by atoms with Crippen LogP contribution in [0.25, 0.3) is 0 Å². The Morgan fingerprint density at radius 1 is 1.26 bits per heavy atom. The van der Waals surface area contributed by atoms with Gasteiger partial charge in [-0.25, -0.2) is 4.39 Å². The van der Waals surface area contributed by atoms with Gasteiger partial charge in [0.2, 0.25) is 0 Å². The first kappa shape index (κ1) is 13.4. The molecule has 2 aromatic carbocycles. The van der Waals surface area contributed by atoms with Crippen LogP contribution in [0.1, 0.15) is 11.1 Å². The average Bonchev–Trinajstić information content (AvgIpc) is 2.41. The maximum atomic E-state index is 13.9. The molecule has 2 rings (SSSR count). The highest BCUT2D eigenvalue weighted by Gasteiger charge is 2.10. The summed E-state index contributed by atoms with van der Waals surface area (Å²) in [7, 11) is 1.79. The van der Waals surface area contributed by atoms with Crippen molar-refractivity contribution in [2.75, 3.05) is 11.9 Å². The third-order valence-electron chi connectivity index (χ3n) is 2.85. The molecule has 0 heterocycles. The van der Waals surface area contributed by atoms with E-state index in [1.54, 1.807) is 30.1 Å². The molecule has 0 N–H and O–H groups in total. The molecule has 0 spiro atoms.